The molecule has 3 aromatic rings. The van der Waals surface area contributed by atoms with Gasteiger partial charge >= 0.3 is 7.12 Å². The molecule has 186 valence electrons. The van der Waals surface area contributed by atoms with E-state index in [1.165, 1.54) is 44.3 Å². The van der Waals surface area contributed by atoms with Gasteiger partial charge in [0.05, 0.1) is 11.2 Å². The molecule has 2 nitrogen and oxygen atoms in total. The maximum atomic E-state index is 6.62. The fourth-order valence-electron chi connectivity index (χ4n) is 5.77. The Morgan fingerprint density at radius 1 is 0.667 bits per heavy atom. The van der Waals surface area contributed by atoms with Crippen LogP contribution in [-0.4, -0.2) is 25.0 Å². The van der Waals surface area contributed by atoms with Crippen molar-refractivity contribution in [3.8, 4) is 0 Å². The molecule has 0 aromatic heterocycles. The first-order valence-corrected chi connectivity index (χ1v) is 13.1. The molecule has 3 aromatic carbocycles. The summed E-state index contributed by atoms with van der Waals surface area (Å²) in [5.74, 6) is 2.41. The van der Waals surface area contributed by atoms with E-state index in [0.717, 1.165) is 11.0 Å². The second-order valence-corrected chi connectivity index (χ2v) is 11.7. The van der Waals surface area contributed by atoms with Crippen molar-refractivity contribution in [1.29, 1.82) is 0 Å². The fourth-order valence-corrected chi connectivity index (χ4v) is 5.77. The van der Waals surface area contributed by atoms with Crippen molar-refractivity contribution in [3.63, 3.8) is 0 Å². The lowest BCUT2D eigenvalue weighted by Crippen LogP contribution is -2.47. The molecule has 0 amide bonds. The molecule has 1 heterocycles. The Morgan fingerprint density at radius 3 is 1.44 bits per heavy atom. The molecule has 0 atom stereocenters. The highest BCUT2D eigenvalue weighted by molar-refractivity contribution is 6.92. The van der Waals surface area contributed by atoms with Gasteiger partial charge in [-0.3, -0.25) is 0 Å². The van der Waals surface area contributed by atoms with Crippen LogP contribution < -0.4 is 10.9 Å². The molecule has 1 aliphatic rings. The third-order valence-electron chi connectivity index (χ3n) is 8.06. The molecule has 1 aliphatic heterocycles. The normalized spacial score (nSPS) is 16.9. The van der Waals surface area contributed by atoms with E-state index in [0.29, 0.717) is 0 Å². The van der Waals surface area contributed by atoms with Gasteiger partial charge in [0.15, 0.2) is 0 Å². The lowest BCUT2D eigenvalue weighted by atomic mass is 9.36. The van der Waals surface area contributed by atoms with E-state index in [1.807, 2.05) is 0 Å². The third kappa shape index (κ3) is 4.99. The molecule has 0 radical (unpaired) electrons. The highest BCUT2D eigenvalue weighted by Crippen LogP contribution is 2.40. The summed E-state index contributed by atoms with van der Waals surface area (Å²) in [5, 5.41) is 0. The number of benzene rings is 3. The van der Waals surface area contributed by atoms with Crippen LogP contribution in [0.5, 0.6) is 0 Å². The standard InChI is InChI=1S/C32H40B2O2/c1-21-16-23(3)29(24(4)17-21)33(30-25(5)18-22(2)19-26(30)6)20-28(27-14-12-11-13-15-27)34-35-31(7,8)32(9,10)36-34/h11-20H,1-10H3/b28-20-. The Balaban J connectivity index is 2.01. The van der Waals surface area contributed by atoms with Crippen LogP contribution in [-0.2, 0) is 9.31 Å². The van der Waals surface area contributed by atoms with Crippen LogP contribution in [0.2, 0.25) is 0 Å². The van der Waals surface area contributed by atoms with Gasteiger partial charge in [0.2, 0.25) is 6.71 Å². The Hall–Kier alpha value is -2.55. The molecule has 0 aliphatic carbocycles. The summed E-state index contributed by atoms with van der Waals surface area (Å²) < 4.78 is 13.2. The molecule has 4 heteroatoms. The highest BCUT2D eigenvalue weighted by Gasteiger charge is 2.52. The quantitative estimate of drug-likeness (QED) is 0.395. The van der Waals surface area contributed by atoms with Gasteiger partial charge in [-0.1, -0.05) is 98.9 Å². The van der Waals surface area contributed by atoms with Gasteiger partial charge in [-0.15, -0.1) is 5.98 Å². The van der Waals surface area contributed by atoms with E-state index >= 15 is 0 Å². The van der Waals surface area contributed by atoms with Gasteiger partial charge in [0.1, 0.15) is 0 Å². The lowest BCUT2D eigenvalue weighted by Gasteiger charge is -2.32. The van der Waals surface area contributed by atoms with E-state index in [-0.39, 0.29) is 6.71 Å². The van der Waals surface area contributed by atoms with Crippen molar-refractivity contribution < 1.29 is 9.31 Å². The summed E-state index contributed by atoms with van der Waals surface area (Å²) in [7, 11) is -0.447. The van der Waals surface area contributed by atoms with E-state index in [1.54, 1.807) is 0 Å². The molecule has 1 saturated heterocycles. The first-order chi connectivity index (χ1) is 16.8. The van der Waals surface area contributed by atoms with Crippen molar-refractivity contribution >= 4 is 30.2 Å². The Labute approximate surface area is 219 Å². The van der Waals surface area contributed by atoms with Crippen molar-refractivity contribution in [3.05, 3.63) is 99.5 Å². The van der Waals surface area contributed by atoms with Crippen LogP contribution in [0.4, 0.5) is 0 Å². The predicted octanol–water partition coefficient (Wildman–Crippen LogP) is 6.40. The van der Waals surface area contributed by atoms with Crippen molar-refractivity contribution in [1.82, 2.24) is 0 Å². The molecule has 0 bridgehead atoms. The number of hydrogen-bond acceptors (Lipinski definition) is 2. The average molecular weight is 478 g/mol. The minimum absolute atomic E-state index is 0.0698. The van der Waals surface area contributed by atoms with Gasteiger partial charge in [-0.2, -0.15) is 0 Å². The van der Waals surface area contributed by atoms with Crippen molar-refractivity contribution in [2.45, 2.75) is 80.4 Å². The molecule has 0 saturated carbocycles. The molecular formula is C32H40B2O2. The molecule has 4 rings (SSSR count). The van der Waals surface area contributed by atoms with Crippen LogP contribution in [0.15, 0.2) is 60.6 Å². The molecule has 1 fully saturated rings. The van der Waals surface area contributed by atoms with Crippen LogP contribution in [0, 0.1) is 41.5 Å². The lowest BCUT2D eigenvalue weighted by molar-refractivity contribution is 0.00578. The number of aryl methyl sites for hydroxylation is 6. The minimum atomic E-state index is -0.447. The first kappa shape index (κ1) is 26.5. The SMILES string of the molecule is Cc1cc(C)c(B(/C=C(\B2OC(C)(C)C(C)(C)O2)c2ccccc2)c2c(C)cc(C)cc2C)c(C)c1. The summed E-state index contributed by atoms with van der Waals surface area (Å²) in [6.45, 7) is 21.9. The van der Waals surface area contributed by atoms with Crippen LogP contribution >= 0.6 is 0 Å². The minimum Gasteiger partial charge on any atom is -0.399 e. The second kappa shape index (κ2) is 9.72. The molecule has 0 unspecified atom stereocenters. The van der Waals surface area contributed by atoms with Crippen LogP contribution in [0.25, 0.3) is 5.47 Å². The van der Waals surface area contributed by atoms with Gasteiger partial charge in [-0.05, 0) is 80.3 Å². The smallest absolute Gasteiger partial charge is 0.399 e. The van der Waals surface area contributed by atoms with E-state index in [2.05, 4.69) is 130 Å². The molecule has 0 spiro atoms. The number of rotatable bonds is 5. The summed E-state index contributed by atoms with van der Waals surface area (Å²) >= 11 is 0. The average Bonchev–Trinajstić information content (AvgIpc) is 2.97. The van der Waals surface area contributed by atoms with Gasteiger partial charge in [0, 0.05) is 0 Å². The van der Waals surface area contributed by atoms with E-state index in [9.17, 15) is 0 Å². The maximum absolute atomic E-state index is 6.62. The summed E-state index contributed by atoms with van der Waals surface area (Å²) in [6, 6.07) is 19.8. The topological polar surface area (TPSA) is 18.5 Å². The predicted molar refractivity (Wildman–Crippen MR) is 157 cm³/mol. The zero-order valence-corrected chi connectivity index (χ0v) is 23.7. The fraction of sp³-hybridized carbons (Fsp3) is 0.375. The third-order valence-corrected chi connectivity index (χ3v) is 8.06. The summed E-state index contributed by atoms with van der Waals surface area (Å²) in [6.07, 6.45) is 0. The van der Waals surface area contributed by atoms with E-state index < -0.39 is 18.3 Å². The maximum Gasteiger partial charge on any atom is 0.494 e. The molecule has 0 N–H and O–H groups in total. The van der Waals surface area contributed by atoms with Crippen molar-refractivity contribution in [2.24, 2.45) is 0 Å². The molecular weight excluding hydrogens is 438 g/mol. The van der Waals surface area contributed by atoms with Crippen molar-refractivity contribution in [2.75, 3.05) is 0 Å². The monoisotopic (exact) mass is 478 g/mol. The van der Waals surface area contributed by atoms with Gasteiger partial charge in [0.25, 0.3) is 0 Å². The summed E-state index contributed by atoms with van der Waals surface area (Å²) in [4.78, 5) is 0. The van der Waals surface area contributed by atoms with E-state index in [4.69, 9.17) is 9.31 Å². The zero-order valence-electron chi connectivity index (χ0n) is 23.7. The highest BCUT2D eigenvalue weighted by atomic mass is 16.7. The summed E-state index contributed by atoms with van der Waals surface area (Å²) in [5.41, 5.74) is 12.0. The van der Waals surface area contributed by atoms with Crippen LogP contribution in [0.1, 0.15) is 66.6 Å². The van der Waals surface area contributed by atoms with Gasteiger partial charge < -0.3 is 9.31 Å². The first-order valence-electron chi connectivity index (χ1n) is 13.1. The Morgan fingerprint density at radius 2 is 1.06 bits per heavy atom. The Kier molecular flexibility index (Phi) is 7.16. The zero-order chi connectivity index (χ0) is 26.4. The largest absolute Gasteiger partial charge is 0.494 e. The second-order valence-electron chi connectivity index (χ2n) is 11.7. The Bertz CT molecular complexity index is 1190. The molecule has 36 heavy (non-hydrogen) atoms. The van der Waals surface area contributed by atoms with Crippen LogP contribution in [0.3, 0.4) is 0 Å². The van der Waals surface area contributed by atoms with Gasteiger partial charge in [-0.25, -0.2) is 0 Å². The number of hydrogen-bond donors (Lipinski definition) is 0.